The Hall–Kier alpha value is -4.06. The van der Waals surface area contributed by atoms with Gasteiger partial charge in [-0.2, -0.15) is 4.39 Å². The SMILES string of the molecule is CCCc1ccc(-c2ccc(OC(=O)c3ccc(-c4ccc(OCC)c(F)c4)cc3)c(F)c2F)cc1. The second-order valence-electron chi connectivity index (χ2n) is 8.23. The second kappa shape index (κ2) is 11.1. The fourth-order valence-corrected chi connectivity index (χ4v) is 3.88. The molecule has 36 heavy (non-hydrogen) atoms. The lowest BCUT2D eigenvalue weighted by atomic mass is 10.0. The van der Waals surface area contributed by atoms with Gasteiger partial charge in [-0.3, -0.25) is 0 Å². The average Bonchev–Trinajstić information content (AvgIpc) is 2.89. The minimum atomic E-state index is -1.24. The zero-order chi connectivity index (χ0) is 25.7. The summed E-state index contributed by atoms with van der Waals surface area (Å²) in [7, 11) is 0. The molecular formula is C30H25F3O3. The van der Waals surface area contributed by atoms with Gasteiger partial charge in [0.05, 0.1) is 12.2 Å². The van der Waals surface area contributed by atoms with Crippen LogP contribution in [0.25, 0.3) is 22.3 Å². The number of hydrogen-bond donors (Lipinski definition) is 0. The first-order valence-electron chi connectivity index (χ1n) is 11.7. The van der Waals surface area contributed by atoms with Gasteiger partial charge in [0.1, 0.15) is 0 Å². The zero-order valence-electron chi connectivity index (χ0n) is 20.0. The number of carbonyl (C=O) groups is 1. The summed E-state index contributed by atoms with van der Waals surface area (Å²) in [6.45, 7) is 4.19. The molecule has 4 rings (SSSR count). The second-order valence-corrected chi connectivity index (χ2v) is 8.23. The molecule has 0 N–H and O–H groups in total. The first-order valence-corrected chi connectivity index (χ1v) is 11.7. The molecule has 0 fully saturated rings. The molecule has 0 aliphatic rings. The first kappa shape index (κ1) is 25.0. The van der Waals surface area contributed by atoms with Crippen molar-refractivity contribution in [1.82, 2.24) is 0 Å². The van der Waals surface area contributed by atoms with Crippen LogP contribution in [-0.4, -0.2) is 12.6 Å². The number of rotatable bonds is 8. The van der Waals surface area contributed by atoms with Crippen LogP contribution in [-0.2, 0) is 6.42 Å². The summed E-state index contributed by atoms with van der Waals surface area (Å²) >= 11 is 0. The zero-order valence-corrected chi connectivity index (χ0v) is 20.0. The van der Waals surface area contributed by atoms with E-state index in [1.165, 1.54) is 36.4 Å². The maximum Gasteiger partial charge on any atom is 0.343 e. The van der Waals surface area contributed by atoms with Crippen LogP contribution in [0.15, 0.2) is 78.9 Å². The lowest BCUT2D eigenvalue weighted by Gasteiger charge is -2.11. The van der Waals surface area contributed by atoms with Crippen molar-refractivity contribution < 1.29 is 27.4 Å². The van der Waals surface area contributed by atoms with Crippen molar-refractivity contribution in [2.75, 3.05) is 6.61 Å². The van der Waals surface area contributed by atoms with Crippen LogP contribution in [0.2, 0.25) is 0 Å². The number of aryl methyl sites for hydroxylation is 1. The van der Waals surface area contributed by atoms with E-state index in [-0.39, 0.29) is 16.9 Å². The highest BCUT2D eigenvalue weighted by Crippen LogP contribution is 2.31. The van der Waals surface area contributed by atoms with Crippen LogP contribution in [0.1, 0.15) is 36.2 Å². The smallest absolute Gasteiger partial charge is 0.343 e. The van der Waals surface area contributed by atoms with Crippen molar-refractivity contribution in [1.29, 1.82) is 0 Å². The molecule has 0 unspecified atom stereocenters. The van der Waals surface area contributed by atoms with Crippen LogP contribution < -0.4 is 9.47 Å². The largest absolute Gasteiger partial charge is 0.491 e. The minimum Gasteiger partial charge on any atom is -0.491 e. The van der Waals surface area contributed by atoms with Gasteiger partial charge < -0.3 is 9.47 Å². The Morgan fingerprint density at radius 1 is 0.722 bits per heavy atom. The van der Waals surface area contributed by atoms with Crippen LogP contribution in [0.5, 0.6) is 11.5 Å². The van der Waals surface area contributed by atoms with E-state index in [2.05, 4.69) is 6.92 Å². The van der Waals surface area contributed by atoms with E-state index in [4.69, 9.17) is 9.47 Å². The molecular weight excluding hydrogens is 465 g/mol. The van der Waals surface area contributed by atoms with Crippen molar-refractivity contribution in [2.45, 2.75) is 26.7 Å². The summed E-state index contributed by atoms with van der Waals surface area (Å²) in [5, 5.41) is 0. The summed E-state index contributed by atoms with van der Waals surface area (Å²) in [4.78, 5) is 12.6. The lowest BCUT2D eigenvalue weighted by molar-refractivity contribution is 0.0727. The Bertz CT molecular complexity index is 1360. The van der Waals surface area contributed by atoms with E-state index in [0.717, 1.165) is 18.4 Å². The maximum absolute atomic E-state index is 14.8. The quantitative estimate of drug-likeness (QED) is 0.185. The fourth-order valence-electron chi connectivity index (χ4n) is 3.88. The Morgan fingerprint density at radius 3 is 2.00 bits per heavy atom. The van der Waals surface area contributed by atoms with Crippen molar-refractivity contribution >= 4 is 5.97 Å². The molecule has 0 aliphatic heterocycles. The molecule has 0 heterocycles. The van der Waals surface area contributed by atoms with E-state index < -0.39 is 29.2 Å². The molecule has 0 amide bonds. The van der Waals surface area contributed by atoms with Gasteiger partial charge in [0.25, 0.3) is 0 Å². The third-order valence-electron chi connectivity index (χ3n) is 5.74. The molecule has 0 bridgehead atoms. The summed E-state index contributed by atoms with van der Waals surface area (Å²) in [5.41, 5.74) is 3.14. The number of halogens is 3. The molecule has 3 nitrogen and oxygen atoms in total. The molecule has 0 atom stereocenters. The number of carbonyl (C=O) groups excluding carboxylic acids is 1. The number of ether oxygens (including phenoxy) is 2. The van der Waals surface area contributed by atoms with Crippen LogP contribution in [0.4, 0.5) is 13.2 Å². The van der Waals surface area contributed by atoms with Crippen molar-refractivity contribution in [3.63, 3.8) is 0 Å². The molecule has 0 saturated heterocycles. The van der Waals surface area contributed by atoms with Gasteiger partial charge in [0.15, 0.2) is 23.1 Å². The highest BCUT2D eigenvalue weighted by molar-refractivity contribution is 5.91. The number of benzene rings is 4. The summed E-state index contributed by atoms with van der Waals surface area (Å²) in [6.07, 6.45) is 1.90. The van der Waals surface area contributed by atoms with Crippen LogP contribution in [0.3, 0.4) is 0 Å². The topological polar surface area (TPSA) is 35.5 Å². The Morgan fingerprint density at radius 2 is 1.36 bits per heavy atom. The van der Waals surface area contributed by atoms with Crippen LogP contribution >= 0.6 is 0 Å². The van der Waals surface area contributed by atoms with E-state index in [1.54, 1.807) is 37.3 Å². The molecule has 0 aliphatic carbocycles. The maximum atomic E-state index is 14.8. The summed E-state index contributed by atoms with van der Waals surface area (Å²) in [6, 6.07) is 20.7. The van der Waals surface area contributed by atoms with Crippen molar-refractivity contribution in [3.05, 3.63) is 107 Å². The average molecular weight is 491 g/mol. The summed E-state index contributed by atoms with van der Waals surface area (Å²) in [5.74, 6) is -3.99. The number of hydrogen-bond acceptors (Lipinski definition) is 3. The molecule has 184 valence electrons. The highest BCUT2D eigenvalue weighted by Gasteiger charge is 2.19. The first-order chi connectivity index (χ1) is 17.4. The summed E-state index contributed by atoms with van der Waals surface area (Å²) < 4.78 is 54.0. The Labute approximate surface area is 208 Å². The molecule has 0 radical (unpaired) electrons. The Balaban J connectivity index is 1.49. The van der Waals surface area contributed by atoms with Crippen LogP contribution in [0, 0.1) is 17.5 Å². The molecule has 4 aromatic rings. The lowest BCUT2D eigenvalue weighted by Crippen LogP contribution is -2.10. The monoisotopic (exact) mass is 490 g/mol. The number of esters is 1. The van der Waals surface area contributed by atoms with E-state index in [1.807, 2.05) is 12.1 Å². The normalized spacial score (nSPS) is 10.8. The van der Waals surface area contributed by atoms with Gasteiger partial charge in [-0.1, -0.05) is 55.8 Å². The van der Waals surface area contributed by atoms with E-state index in [9.17, 15) is 18.0 Å². The van der Waals surface area contributed by atoms with Crippen molar-refractivity contribution in [2.24, 2.45) is 0 Å². The third kappa shape index (κ3) is 5.43. The van der Waals surface area contributed by atoms with Crippen molar-refractivity contribution in [3.8, 4) is 33.8 Å². The van der Waals surface area contributed by atoms with Gasteiger partial charge in [0.2, 0.25) is 5.82 Å². The van der Waals surface area contributed by atoms with Gasteiger partial charge in [-0.15, -0.1) is 0 Å². The van der Waals surface area contributed by atoms with E-state index >= 15 is 0 Å². The van der Waals surface area contributed by atoms with Gasteiger partial charge in [0, 0.05) is 5.56 Å². The van der Waals surface area contributed by atoms with Gasteiger partial charge >= 0.3 is 5.97 Å². The molecule has 6 heteroatoms. The molecule has 0 spiro atoms. The molecule has 0 aromatic heterocycles. The fraction of sp³-hybridized carbons (Fsp3) is 0.167. The molecule has 4 aromatic carbocycles. The minimum absolute atomic E-state index is 0.0855. The Kier molecular flexibility index (Phi) is 7.74. The third-order valence-corrected chi connectivity index (χ3v) is 5.74. The predicted molar refractivity (Wildman–Crippen MR) is 134 cm³/mol. The molecule has 0 saturated carbocycles. The predicted octanol–water partition coefficient (Wildman–Crippen LogP) is 8.01. The van der Waals surface area contributed by atoms with Gasteiger partial charge in [-0.25, -0.2) is 13.6 Å². The highest BCUT2D eigenvalue weighted by atomic mass is 19.2. The van der Waals surface area contributed by atoms with E-state index in [0.29, 0.717) is 23.3 Å². The van der Waals surface area contributed by atoms with Gasteiger partial charge in [-0.05, 0) is 72.0 Å². The standard InChI is InChI=1S/C30H25F3O3/c1-3-5-19-6-8-21(9-7-19)24-15-17-27(29(33)28(24)32)36-30(34)22-12-10-20(11-13-22)23-14-16-26(35-4-2)25(31)18-23/h6-18H,3-5H2,1-2H3.